The van der Waals surface area contributed by atoms with Crippen LogP contribution >= 0.6 is 39.0 Å². The molecule has 0 aliphatic heterocycles. The summed E-state index contributed by atoms with van der Waals surface area (Å²) < 4.78 is 10.2. The first kappa shape index (κ1) is 34.7. The maximum absolute atomic E-state index is 4.54. The van der Waals surface area contributed by atoms with Gasteiger partial charge < -0.3 is 0 Å². The summed E-state index contributed by atoms with van der Waals surface area (Å²) in [4.78, 5) is 1.30. The highest BCUT2D eigenvalue weighted by atomic mass is 79.9. The summed E-state index contributed by atoms with van der Waals surface area (Å²) in [6, 6.07) is 8.71. The molecule has 3 rings (SSSR count). The molecule has 2 nitrogen and oxygen atoms in total. The number of thiophene rings is 1. The van der Waals surface area contributed by atoms with Crippen molar-refractivity contribution in [1.29, 1.82) is 0 Å². The molecule has 0 amide bonds. The third kappa shape index (κ3) is 13.6. The molecule has 2 heterocycles. The van der Waals surface area contributed by atoms with E-state index in [4.69, 9.17) is 0 Å². The fourth-order valence-electron chi connectivity index (χ4n) is 6.21. The lowest BCUT2D eigenvalue weighted by atomic mass is 9.89. The van der Waals surface area contributed by atoms with Crippen LogP contribution in [-0.2, 0) is 6.42 Å². The van der Waals surface area contributed by atoms with Gasteiger partial charge in [-0.1, -0.05) is 161 Å². The zero-order valence-electron chi connectivity index (χ0n) is 26.2. The number of hydrogen-bond donors (Lipinski definition) is 0. The van der Waals surface area contributed by atoms with Crippen molar-refractivity contribution in [3.8, 4) is 10.4 Å². The summed E-state index contributed by atoms with van der Waals surface area (Å²) >= 11 is 6.99. The third-order valence-electron chi connectivity index (χ3n) is 8.80. The summed E-state index contributed by atoms with van der Waals surface area (Å²) in [5.74, 6) is 0.985. The number of nitrogens with zero attached hydrogens (tertiary/aromatic N) is 2. The second-order valence-corrected chi connectivity index (χ2v) is 15.2. The van der Waals surface area contributed by atoms with Crippen molar-refractivity contribution in [2.45, 2.75) is 162 Å². The minimum absolute atomic E-state index is 0.985. The quantitative estimate of drug-likeness (QED) is 0.0845. The van der Waals surface area contributed by atoms with E-state index < -0.39 is 0 Å². The fraction of sp³-hybridized carbons (Fsp3) is 0.722. The Balaban J connectivity index is 1.31. The zero-order valence-corrected chi connectivity index (χ0v) is 29.5. The molecule has 1 unspecified atom stereocenters. The molecule has 0 N–H and O–H groups in total. The molecule has 0 radical (unpaired) electrons. The van der Waals surface area contributed by atoms with E-state index in [9.17, 15) is 0 Å². The molecule has 0 fully saturated rings. The number of hydrogen-bond acceptors (Lipinski definition) is 4. The average Bonchev–Trinajstić information content (AvgIpc) is 3.61. The first-order valence-corrected chi connectivity index (χ1v) is 19.6. The van der Waals surface area contributed by atoms with Crippen molar-refractivity contribution in [1.82, 2.24) is 8.75 Å². The molecule has 41 heavy (non-hydrogen) atoms. The van der Waals surface area contributed by atoms with Gasteiger partial charge in [0.05, 0.1) is 15.5 Å². The molecule has 230 valence electrons. The molecule has 0 aliphatic carbocycles. The van der Waals surface area contributed by atoms with Crippen LogP contribution < -0.4 is 0 Å². The van der Waals surface area contributed by atoms with E-state index in [0.717, 1.165) is 17.0 Å². The predicted molar refractivity (Wildman–Crippen MR) is 189 cm³/mol. The van der Waals surface area contributed by atoms with E-state index in [1.165, 1.54) is 179 Å². The lowest BCUT2D eigenvalue weighted by molar-refractivity contribution is 0.365. The molecule has 1 atom stereocenters. The van der Waals surface area contributed by atoms with Crippen molar-refractivity contribution in [3.05, 3.63) is 33.6 Å². The van der Waals surface area contributed by atoms with Crippen molar-refractivity contribution >= 4 is 50.0 Å². The second-order valence-electron chi connectivity index (χ2n) is 12.3. The van der Waals surface area contributed by atoms with Gasteiger partial charge in [-0.2, -0.15) is 8.75 Å². The molecule has 0 saturated heterocycles. The highest BCUT2D eigenvalue weighted by molar-refractivity contribution is 9.11. The summed E-state index contributed by atoms with van der Waals surface area (Å²) in [6.45, 7) is 4.63. The van der Waals surface area contributed by atoms with Gasteiger partial charge in [0.1, 0.15) is 11.0 Å². The summed E-state index contributed by atoms with van der Waals surface area (Å²) in [7, 11) is 0. The topological polar surface area (TPSA) is 25.8 Å². The van der Waals surface area contributed by atoms with Gasteiger partial charge in [-0.3, -0.25) is 0 Å². The van der Waals surface area contributed by atoms with Crippen LogP contribution in [0.4, 0.5) is 0 Å². The van der Waals surface area contributed by atoms with Crippen LogP contribution in [0.15, 0.2) is 28.1 Å². The number of benzene rings is 1. The third-order valence-corrected chi connectivity index (χ3v) is 11.3. The van der Waals surface area contributed by atoms with Gasteiger partial charge >= 0.3 is 0 Å². The van der Waals surface area contributed by atoms with E-state index >= 15 is 0 Å². The minimum atomic E-state index is 0.985. The lowest BCUT2D eigenvalue weighted by Crippen LogP contribution is -2.02. The fourth-order valence-corrected chi connectivity index (χ4v) is 8.55. The predicted octanol–water partition coefficient (Wildman–Crippen LogP) is 14.0. The first-order chi connectivity index (χ1) is 20.2. The van der Waals surface area contributed by atoms with Gasteiger partial charge in [0.15, 0.2) is 0 Å². The minimum Gasteiger partial charge on any atom is -0.173 e. The summed E-state index contributed by atoms with van der Waals surface area (Å²) in [5, 5.41) is 0. The Bertz CT molecular complexity index is 1060. The van der Waals surface area contributed by atoms with Gasteiger partial charge in [0.25, 0.3) is 0 Å². The van der Waals surface area contributed by atoms with Crippen LogP contribution in [0.3, 0.4) is 0 Å². The molecule has 5 heteroatoms. The Hall–Kier alpha value is -0.780. The van der Waals surface area contributed by atoms with E-state index in [0.29, 0.717) is 0 Å². The maximum atomic E-state index is 4.54. The first-order valence-electron chi connectivity index (χ1n) is 17.2. The highest BCUT2D eigenvalue weighted by Gasteiger charge is 2.13. The van der Waals surface area contributed by atoms with Crippen LogP contribution in [0.25, 0.3) is 21.5 Å². The van der Waals surface area contributed by atoms with Crippen molar-refractivity contribution in [2.24, 2.45) is 5.92 Å². The van der Waals surface area contributed by atoms with Crippen molar-refractivity contribution in [3.63, 3.8) is 0 Å². The molecule has 0 aliphatic rings. The Morgan fingerprint density at radius 3 is 1.78 bits per heavy atom. The average molecular weight is 662 g/mol. The van der Waals surface area contributed by atoms with Crippen molar-refractivity contribution < 1.29 is 0 Å². The maximum Gasteiger partial charge on any atom is 0.113 e. The highest BCUT2D eigenvalue weighted by Crippen LogP contribution is 2.38. The van der Waals surface area contributed by atoms with E-state index in [-0.39, 0.29) is 0 Å². The van der Waals surface area contributed by atoms with Crippen molar-refractivity contribution in [2.75, 3.05) is 0 Å². The normalized spacial score (nSPS) is 12.5. The van der Waals surface area contributed by atoms with Crippen LogP contribution in [0.1, 0.15) is 161 Å². The van der Waals surface area contributed by atoms with Crippen LogP contribution in [0.2, 0.25) is 0 Å². The number of aryl methyl sites for hydroxylation is 1. The monoisotopic (exact) mass is 660 g/mol. The molecule has 1 aromatic carbocycles. The largest absolute Gasteiger partial charge is 0.173 e. The molecule has 0 saturated carbocycles. The molecular weight excluding hydrogens is 604 g/mol. The molecule has 3 aromatic rings. The standard InChI is InChI=1S/C36H57BrN2S2/c1-3-5-7-9-11-12-15-19-24-30(23-18-14-10-8-6-4-2)25-20-16-13-17-21-26-31-29-34(40-36(31)37)32-27-22-28-33-35(32)39-41-38-33/h22,27-30H,3-21,23-26H2,1-2H3. The SMILES string of the molecule is CCCCCCCCCCC(CCCCCCCC)CCCCCCCc1cc(-c2cccc3nsnc23)sc1Br. The van der Waals surface area contributed by atoms with E-state index in [2.05, 4.69) is 62.8 Å². The Labute approximate surface area is 269 Å². The second kappa shape index (κ2) is 21.8. The summed E-state index contributed by atoms with van der Waals surface area (Å²) in [5.41, 5.74) is 4.71. The molecular formula is C36H57BrN2S2. The molecule has 0 bridgehead atoms. The van der Waals surface area contributed by atoms with Crippen LogP contribution in [0.5, 0.6) is 0 Å². The van der Waals surface area contributed by atoms with E-state index in [1.807, 2.05) is 11.3 Å². The van der Waals surface area contributed by atoms with Gasteiger partial charge in [0.2, 0.25) is 0 Å². The van der Waals surface area contributed by atoms with Gasteiger partial charge in [-0.25, -0.2) is 0 Å². The summed E-state index contributed by atoms with van der Waals surface area (Å²) in [6.07, 6.45) is 32.7. The number of fused-ring (bicyclic) bond motifs is 1. The van der Waals surface area contributed by atoms with Gasteiger partial charge in [0, 0.05) is 10.4 Å². The van der Waals surface area contributed by atoms with Crippen LogP contribution in [0, 0.1) is 5.92 Å². The lowest BCUT2D eigenvalue weighted by Gasteiger charge is -2.17. The smallest absolute Gasteiger partial charge is 0.113 e. The number of halogens is 1. The Kier molecular flexibility index (Phi) is 18.5. The Morgan fingerprint density at radius 1 is 0.659 bits per heavy atom. The molecule has 0 spiro atoms. The van der Waals surface area contributed by atoms with Crippen LogP contribution in [-0.4, -0.2) is 8.75 Å². The molecule has 2 aromatic heterocycles. The van der Waals surface area contributed by atoms with Gasteiger partial charge in [-0.15, -0.1) is 11.3 Å². The van der Waals surface area contributed by atoms with E-state index in [1.54, 1.807) is 0 Å². The Morgan fingerprint density at radius 2 is 1.20 bits per heavy atom. The number of rotatable bonds is 25. The number of unbranched alkanes of at least 4 members (excludes halogenated alkanes) is 16. The van der Waals surface area contributed by atoms with Gasteiger partial charge in [-0.05, 0) is 52.4 Å². The number of aromatic nitrogens is 2. The zero-order chi connectivity index (χ0) is 29.0.